The number of ether oxygens (including phenoxy) is 1. The lowest BCUT2D eigenvalue weighted by molar-refractivity contribution is 0.0688. The van der Waals surface area contributed by atoms with Crippen molar-refractivity contribution in [3.05, 3.63) is 70.4 Å². The highest BCUT2D eigenvalue weighted by atomic mass is 35.5. The van der Waals surface area contributed by atoms with E-state index < -0.39 is 0 Å². The Morgan fingerprint density at radius 3 is 2.37 bits per heavy atom. The van der Waals surface area contributed by atoms with Crippen molar-refractivity contribution in [1.82, 2.24) is 15.1 Å². The van der Waals surface area contributed by atoms with Crippen molar-refractivity contribution in [3.8, 4) is 17.0 Å². The first-order valence-electron chi connectivity index (χ1n) is 8.82. The number of fused-ring (bicyclic) bond motifs is 1. The van der Waals surface area contributed by atoms with Crippen molar-refractivity contribution in [2.75, 3.05) is 7.11 Å². The molecule has 0 aliphatic carbocycles. The first-order chi connectivity index (χ1) is 13.0. The van der Waals surface area contributed by atoms with Gasteiger partial charge in [0.25, 0.3) is 5.91 Å². The van der Waals surface area contributed by atoms with E-state index in [9.17, 15) is 4.79 Å². The van der Waals surface area contributed by atoms with E-state index in [1.54, 1.807) is 7.11 Å². The van der Waals surface area contributed by atoms with E-state index in [1.165, 1.54) is 0 Å². The maximum Gasteiger partial charge on any atom is 0.273 e. The summed E-state index contributed by atoms with van der Waals surface area (Å²) < 4.78 is 5.27. The predicted octanol–water partition coefficient (Wildman–Crippen LogP) is 4.69. The number of halogens is 1. The highest BCUT2D eigenvalue weighted by Gasteiger charge is 2.43. The second-order valence-corrected chi connectivity index (χ2v) is 7.29. The lowest BCUT2D eigenvalue weighted by atomic mass is 9.95. The van der Waals surface area contributed by atoms with Crippen LogP contribution in [0, 0.1) is 0 Å². The third kappa shape index (κ3) is 2.88. The Bertz CT molecular complexity index is 978. The number of methoxy groups -OCH3 is 1. The number of hydrogen-bond donors (Lipinski definition) is 1. The molecule has 0 bridgehead atoms. The molecular weight excluding hydrogens is 362 g/mol. The van der Waals surface area contributed by atoms with Crippen molar-refractivity contribution in [1.29, 1.82) is 0 Å². The first-order valence-corrected chi connectivity index (χ1v) is 9.20. The molecule has 1 aliphatic heterocycles. The van der Waals surface area contributed by atoms with Crippen molar-refractivity contribution in [3.63, 3.8) is 0 Å². The number of rotatable bonds is 4. The molecule has 1 amide bonds. The van der Waals surface area contributed by atoms with Crippen LogP contribution in [0.3, 0.4) is 0 Å². The Hall–Kier alpha value is -2.79. The van der Waals surface area contributed by atoms with E-state index in [-0.39, 0.29) is 18.0 Å². The lowest BCUT2D eigenvalue weighted by Crippen LogP contribution is -2.35. The minimum atomic E-state index is -0.206. The third-order valence-electron chi connectivity index (χ3n) is 4.91. The molecule has 5 nitrogen and oxygen atoms in total. The lowest BCUT2D eigenvalue weighted by Gasteiger charge is -2.30. The maximum atomic E-state index is 13.1. The number of benzene rings is 2. The minimum Gasteiger partial charge on any atom is -0.497 e. The van der Waals surface area contributed by atoms with Crippen LogP contribution in [0.1, 0.15) is 41.5 Å². The van der Waals surface area contributed by atoms with Crippen molar-refractivity contribution in [2.45, 2.75) is 25.9 Å². The van der Waals surface area contributed by atoms with Crippen molar-refractivity contribution < 1.29 is 9.53 Å². The number of nitrogens with zero attached hydrogens (tertiary/aromatic N) is 2. The summed E-state index contributed by atoms with van der Waals surface area (Å²) in [5, 5.41) is 8.07. The molecule has 0 radical (unpaired) electrons. The molecule has 1 N–H and O–H groups in total. The Morgan fingerprint density at radius 1 is 1.11 bits per heavy atom. The van der Waals surface area contributed by atoms with E-state index in [2.05, 4.69) is 10.2 Å². The van der Waals surface area contributed by atoms with Crippen LogP contribution in [0.15, 0.2) is 48.5 Å². The fraction of sp³-hybridized carbons (Fsp3) is 0.238. The number of nitrogens with one attached hydrogen (secondary N) is 1. The molecule has 0 fully saturated rings. The van der Waals surface area contributed by atoms with Gasteiger partial charge in [-0.2, -0.15) is 5.10 Å². The topological polar surface area (TPSA) is 58.2 Å². The second-order valence-electron chi connectivity index (χ2n) is 6.85. The summed E-state index contributed by atoms with van der Waals surface area (Å²) in [5.41, 5.74) is 4.18. The second kappa shape index (κ2) is 6.74. The van der Waals surface area contributed by atoms with Gasteiger partial charge >= 0.3 is 0 Å². The van der Waals surface area contributed by atoms with E-state index in [0.717, 1.165) is 28.1 Å². The molecule has 4 rings (SSSR count). The standard InChI is InChI=1S/C21H20ClN3O2/c1-12(2)25-20(14-6-10-16(27-3)11-7-14)17-18(23-24-19(17)21(25)26)13-4-8-15(22)9-5-13/h4-12,20H,1-3H3,(H,23,24). The van der Waals surface area contributed by atoms with E-state index >= 15 is 0 Å². The average molecular weight is 382 g/mol. The Morgan fingerprint density at radius 2 is 1.78 bits per heavy atom. The summed E-state index contributed by atoms with van der Waals surface area (Å²) in [6.07, 6.45) is 0. The molecule has 1 unspecified atom stereocenters. The molecule has 0 saturated carbocycles. The van der Waals surface area contributed by atoms with Gasteiger partial charge in [0.15, 0.2) is 0 Å². The van der Waals surface area contributed by atoms with Crippen LogP contribution in [0.4, 0.5) is 0 Å². The summed E-state index contributed by atoms with van der Waals surface area (Å²) in [5.74, 6) is 0.748. The minimum absolute atomic E-state index is 0.0338. The fourth-order valence-electron chi connectivity index (χ4n) is 3.64. The van der Waals surface area contributed by atoms with Gasteiger partial charge < -0.3 is 9.64 Å². The van der Waals surface area contributed by atoms with Crippen molar-refractivity contribution >= 4 is 17.5 Å². The van der Waals surface area contributed by atoms with E-state index in [4.69, 9.17) is 16.3 Å². The van der Waals surface area contributed by atoms with Gasteiger partial charge in [0.2, 0.25) is 0 Å². The van der Waals surface area contributed by atoms with Crippen LogP contribution in [-0.2, 0) is 0 Å². The molecule has 0 spiro atoms. The van der Waals surface area contributed by atoms with Crippen LogP contribution in [0.5, 0.6) is 5.75 Å². The molecule has 1 aliphatic rings. The normalized spacial score (nSPS) is 16.1. The van der Waals surface area contributed by atoms with Gasteiger partial charge in [-0.05, 0) is 43.7 Å². The largest absolute Gasteiger partial charge is 0.497 e. The van der Waals surface area contributed by atoms with E-state index in [1.807, 2.05) is 67.3 Å². The molecule has 2 heterocycles. The van der Waals surface area contributed by atoms with Gasteiger partial charge in [0.05, 0.1) is 18.8 Å². The Balaban J connectivity index is 1.88. The smallest absolute Gasteiger partial charge is 0.273 e. The van der Waals surface area contributed by atoms with Crippen LogP contribution in [-0.4, -0.2) is 34.2 Å². The van der Waals surface area contributed by atoms with Gasteiger partial charge in [-0.15, -0.1) is 0 Å². The molecule has 0 saturated heterocycles. The summed E-state index contributed by atoms with van der Waals surface area (Å²) in [6.45, 7) is 4.05. The molecular formula is C21H20ClN3O2. The summed E-state index contributed by atoms with van der Waals surface area (Å²) >= 11 is 6.03. The van der Waals surface area contributed by atoms with Gasteiger partial charge in [0, 0.05) is 22.2 Å². The summed E-state index contributed by atoms with van der Waals surface area (Å²) in [6, 6.07) is 15.2. The molecule has 3 aromatic rings. The highest BCUT2D eigenvalue weighted by molar-refractivity contribution is 6.30. The zero-order valence-electron chi connectivity index (χ0n) is 15.4. The number of amides is 1. The quantitative estimate of drug-likeness (QED) is 0.713. The molecule has 1 aromatic heterocycles. The zero-order valence-corrected chi connectivity index (χ0v) is 16.1. The Labute approximate surface area is 162 Å². The first kappa shape index (κ1) is 17.6. The summed E-state index contributed by atoms with van der Waals surface area (Å²) in [7, 11) is 1.64. The number of hydrogen-bond acceptors (Lipinski definition) is 3. The van der Waals surface area contributed by atoms with E-state index in [0.29, 0.717) is 10.7 Å². The number of carbonyl (C=O) groups is 1. The molecule has 6 heteroatoms. The molecule has 27 heavy (non-hydrogen) atoms. The molecule has 2 aromatic carbocycles. The van der Waals surface area contributed by atoms with Gasteiger partial charge in [-0.3, -0.25) is 9.89 Å². The van der Waals surface area contributed by atoms with Gasteiger partial charge in [0.1, 0.15) is 11.4 Å². The number of aromatic amines is 1. The average Bonchev–Trinajstić information content (AvgIpc) is 3.22. The highest BCUT2D eigenvalue weighted by Crippen LogP contribution is 2.44. The number of carbonyl (C=O) groups excluding carboxylic acids is 1. The zero-order chi connectivity index (χ0) is 19.1. The van der Waals surface area contributed by atoms with Crippen LogP contribution in [0.2, 0.25) is 5.02 Å². The van der Waals surface area contributed by atoms with Gasteiger partial charge in [-0.1, -0.05) is 35.9 Å². The molecule has 138 valence electrons. The predicted molar refractivity (Wildman–Crippen MR) is 105 cm³/mol. The maximum absolute atomic E-state index is 13.1. The fourth-order valence-corrected chi connectivity index (χ4v) is 3.77. The third-order valence-corrected chi connectivity index (χ3v) is 5.16. The monoisotopic (exact) mass is 381 g/mol. The van der Waals surface area contributed by atoms with Crippen molar-refractivity contribution in [2.24, 2.45) is 0 Å². The van der Waals surface area contributed by atoms with Gasteiger partial charge in [-0.25, -0.2) is 0 Å². The van der Waals surface area contributed by atoms with Crippen LogP contribution in [0.25, 0.3) is 11.3 Å². The van der Waals surface area contributed by atoms with Crippen LogP contribution >= 0.6 is 11.6 Å². The van der Waals surface area contributed by atoms with Crippen LogP contribution < -0.4 is 4.74 Å². The number of H-pyrrole nitrogens is 1. The summed E-state index contributed by atoms with van der Waals surface area (Å²) in [4.78, 5) is 14.9. The number of aromatic nitrogens is 2. The Kier molecular flexibility index (Phi) is 4.40. The SMILES string of the molecule is COc1ccc(C2c3c(-c4ccc(Cl)cc4)n[nH]c3C(=O)N2C(C)C)cc1. The molecule has 1 atom stereocenters.